The fourth-order valence-electron chi connectivity index (χ4n) is 4.18. The van der Waals surface area contributed by atoms with Crippen LogP contribution in [0, 0.1) is 18.6 Å². The van der Waals surface area contributed by atoms with Crippen molar-refractivity contribution in [1.82, 2.24) is 24.6 Å². The molecule has 35 heavy (non-hydrogen) atoms. The van der Waals surface area contributed by atoms with Crippen molar-refractivity contribution in [3.8, 4) is 0 Å². The lowest BCUT2D eigenvalue weighted by Crippen LogP contribution is -2.48. The van der Waals surface area contributed by atoms with Crippen LogP contribution >= 0.6 is 0 Å². The van der Waals surface area contributed by atoms with E-state index < -0.39 is 11.6 Å². The molecule has 3 N–H and O–H groups in total. The molecule has 11 heteroatoms. The molecule has 1 amide bonds. The molecule has 1 aliphatic carbocycles. The molecule has 180 valence electrons. The summed E-state index contributed by atoms with van der Waals surface area (Å²) in [5.41, 5.74) is 7.83. The SMILES string of the molecule is Cc1cnc(Nc2ccnn2C)nc1N=CC1=C(N)C(=O)N(Cc2ccc(F)c(F)c2)C2(CC2)C1. The highest BCUT2D eigenvalue weighted by Gasteiger charge is 2.53. The topological polar surface area (TPSA) is 114 Å². The van der Waals surface area contributed by atoms with E-state index in [0.717, 1.165) is 36.4 Å². The van der Waals surface area contributed by atoms with E-state index in [0.29, 0.717) is 29.3 Å². The molecule has 9 nitrogen and oxygen atoms in total. The first-order valence-electron chi connectivity index (χ1n) is 11.1. The molecule has 2 aliphatic rings. The van der Waals surface area contributed by atoms with Gasteiger partial charge in [0, 0.05) is 48.7 Å². The Hall–Kier alpha value is -4.15. The first-order chi connectivity index (χ1) is 16.8. The fourth-order valence-corrected chi connectivity index (χ4v) is 4.18. The number of carbonyl (C=O) groups is 1. The number of amides is 1. The number of aliphatic imine (C=N–C) groups is 1. The van der Waals surface area contributed by atoms with Crippen LogP contribution in [0.2, 0.25) is 0 Å². The third-order valence-corrected chi connectivity index (χ3v) is 6.41. The van der Waals surface area contributed by atoms with Crippen LogP contribution in [0.15, 0.2) is 52.9 Å². The number of hydrogen-bond acceptors (Lipinski definition) is 7. The summed E-state index contributed by atoms with van der Waals surface area (Å²) >= 11 is 0. The standard InChI is InChI=1S/C24H24F2N8O/c1-14-11-29-23(31-19-5-8-30-33(19)2)32-21(14)28-12-16-10-24(6-7-24)34(22(35)20(16)27)13-15-3-4-17(25)18(26)9-15/h3-5,8-9,11-12H,6-7,10,13,27H2,1-2H3,(H,29,31,32). The minimum absolute atomic E-state index is 0.0915. The molecule has 3 aromatic rings. The summed E-state index contributed by atoms with van der Waals surface area (Å²) in [7, 11) is 1.80. The van der Waals surface area contributed by atoms with Gasteiger partial charge in [-0.15, -0.1) is 0 Å². The van der Waals surface area contributed by atoms with Crippen LogP contribution in [0.5, 0.6) is 0 Å². The normalized spacial score (nSPS) is 17.0. The van der Waals surface area contributed by atoms with Gasteiger partial charge in [0.1, 0.15) is 11.5 Å². The Morgan fingerprint density at radius 1 is 1.26 bits per heavy atom. The summed E-state index contributed by atoms with van der Waals surface area (Å²) in [4.78, 5) is 28.1. The van der Waals surface area contributed by atoms with Gasteiger partial charge in [-0.3, -0.25) is 9.48 Å². The Balaban J connectivity index is 1.38. The van der Waals surface area contributed by atoms with Gasteiger partial charge in [-0.1, -0.05) is 6.07 Å². The first-order valence-corrected chi connectivity index (χ1v) is 11.1. The summed E-state index contributed by atoms with van der Waals surface area (Å²) in [6.45, 7) is 2.01. The summed E-state index contributed by atoms with van der Waals surface area (Å²) in [6.07, 6.45) is 7.05. The molecular formula is C24H24F2N8O. The maximum Gasteiger partial charge on any atom is 0.270 e. The summed E-state index contributed by atoms with van der Waals surface area (Å²) < 4.78 is 28.6. The predicted octanol–water partition coefficient (Wildman–Crippen LogP) is 3.42. The van der Waals surface area contributed by atoms with Crippen LogP contribution in [0.4, 0.5) is 26.4 Å². The number of nitrogens with one attached hydrogen (secondary N) is 1. The maximum atomic E-state index is 13.7. The number of benzene rings is 1. The minimum Gasteiger partial charge on any atom is -0.394 e. The van der Waals surface area contributed by atoms with Crippen LogP contribution in [-0.4, -0.2) is 42.3 Å². The number of hydrogen-bond donors (Lipinski definition) is 2. The van der Waals surface area contributed by atoms with Crippen molar-refractivity contribution in [2.75, 3.05) is 5.32 Å². The zero-order chi connectivity index (χ0) is 24.7. The third-order valence-electron chi connectivity index (χ3n) is 6.41. The first kappa shape index (κ1) is 22.6. The minimum atomic E-state index is -0.939. The highest BCUT2D eigenvalue weighted by molar-refractivity contribution is 6.01. The van der Waals surface area contributed by atoms with Gasteiger partial charge >= 0.3 is 0 Å². The number of aryl methyl sites for hydroxylation is 2. The molecule has 0 saturated heterocycles. The van der Waals surface area contributed by atoms with E-state index >= 15 is 0 Å². The van der Waals surface area contributed by atoms with Crippen LogP contribution in [0.25, 0.3) is 0 Å². The molecule has 0 unspecified atom stereocenters. The summed E-state index contributed by atoms with van der Waals surface area (Å²) in [5.74, 6) is -0.652. The average Bonchev–Trinajstić information content (AvgIpc) is 3.50. The molecule has 1 aliphatic heterocycles. The molecule has 3 heterocycles. The molecule has 0 atom stereocenters. The van der Waals surface area contributed by atoms with Crippen molar-refractivity contribution < 1.29 is 13.6 Å². The van der Waals surface area contributed by atoms with E-state index in [1.807, 2.05) is 6.92 Å². The van der Waals surface area contributed by atoms with Crippen LogP contribution < -0.4 is 11.1 Å². The number of carbonyl (C=O) groups excluding carboxylic acids is 1. The highest BCUT2D eigenvalue weighted by atomic mass is 19.2. The van der Waals surface area contributed by atoms with Gasteiger partial charge in [0.05, 0.1) is 6.20 Å². The largest absolute Gasteiger partial charge is 0.394 e. The van der Waals surface area contributed by atoms with Crippen molar-refractivity contribution in [2.45, 2.75) is 38.3 Å². The monoisotopic (exact) mass is 478 g/mol. The van der Waals surface area contributed by atoms with Gasteiger partial charge in [-0.2, -0.15) is 10.1 Å². The quantitative estimate of drug-likeness (QED) is 0.525. The van der Waals surface area contributed by atoms with Crippen molar-refractivity contribution in [3.63, 3.8) is 0 Å². The lowest BCUT2D eigenvalue weighted by Gasteiger charge is -2.37. The molecule has 1 aromatic carbocycles. The number of nitrogens with two attached hydrogens (primary N) is 1. The molecule has 5 rings (SSSR count). The van der Waals surface area contributed by atoms with Crippen molar-refractivity contribution in [1.29, 1.82) is 0 Å². The number of rotatable bonds is 6. The Morgan fingerprint density at radius 2 is 2.06 bits per heavy atom. The van der Waals surface area contributed by atoms with Crippen molar-refractivity contribution >= 4 is 29.7 Å². The molecule has 2 aromatic heterocycles. The van der Waals surface area contributed by atoms with Crippen LogP contribution in [-0.2, 0) is 18.4 Å². The van der Waals surface area contributed by atoms with E-state index in [1.54, 1.807) is 41.3 Å². The van der Waals surface area contributed by atoms with E-state index in [9.17, 15) is 13.6 Å². The van der Waals surface area contributed by atoms with Crippen LogP contribution in [0.1, 0.15) is 30.4 Å². The number of nitrogens with zero attached hydrogens (tertiary/aromatic N) is 6. The number of anilines is 2. The predicted molar refractivity (Wildman–Crippen MR) is 126 cm³/mol. The second-order valence-corrected chi connectivity index (χ2v) is 8.90. The Morgan fingerprint density at radius 3 is 2.74 bits per heavy atom. The van der Waals surface area contributed by atoms with Crippen molar-refractivity contribution in [3.05, 3.63) is 70.7 Å². The van der Waals surface area contributed by atoms with Gasteiger partial charge in [-0.05, 0) is 43.9 Å². The molecule has 0 bridgehead atoms. The number of aromatic nitrogens is 4. The molecule has 1 saturated carbocycles. The summed E-state index contributed by atoms with van der Waals surface area (Å²) in [5, 5.41) is 7.19. The van der Waals surface area contributed by atoms with E-state index in [-0.39, 0.29) is 23.7 Å². The van der Waals surface area contributed by atoms with Gasteiger partial charge in [0.15, 0.2) is 17.5 Å². The Bertz CT molecular complexity index is 1380. The van der Waals surface area contributed by atoms with Gasteiger partial charge in [0.25, 0.3) is 5.91 Å². The Labute approximate surface area is 200 Å². The summed E-state index contributed by atoms with van der Waals surface area (Å²) in [6, 6.07) is 5.46. The second kappa shape index (κ2) is 8.57. The highest BCUT2D eigenvalue weighted by Crippen LogP contribution is 2.50. The molecule has 0 radical (unpaired) electrons. The zero-order valence-corrected chi connectivity index (χ0v) is 19.3. The fraction of sp³-hybridized carbons (Fsp3) is 0.292. The maximum absolute atomic E-state index is 13.7. The lowest BCUT2D eigenvalue weighted by atomic mass is 9.95. The van der Waals surface area contributed by atoms with E-state index in [4.69, 9.17) is 5.73 Å². The van der Waals surface area contributed by atoms with Gasteiger partial charge < -0.3 is 16.0 Å². The van der Waals surface area contributed by atoms with Crippen LogP contribution in [0.3, 0.4) is 0 Å². The third kappa shape index (κ3) is 4.36. The van der Waals surface area contributed by atoms with Gasteiger partial charge in [0.2, 0.25) is 5.95 Å². The van der Waals surface area contributed by atoms with E-state index in [1.165, 1.54) is 6.07 Å². The number of halogens is 2. The lowest BCUT2D eigenvalue weighted by molar-refractivity contribution is -0.132. The molecular weight excluding hydrogens is 454 g/mol. The Kier molecular flexibility index (Phi) is 5.54. The van der Waals surface area contributed by atoms with Gasteiger partial charge in [-0.25, -0.2) is 18.8 Å². The second-order valence-electron chi connectivity index (χ2n) is 8.90. The molecule has 1 spiro atoms. The van der Waals surface area contributed by atoms with E-state index in [2.05, 4.69) is 25.4 Å². The zero-order valence-electron chi connectivity index (χ0n) is 19.3. The average molecular weight is 479 g/mol. The van der Waals surface area contributed by atoms with Crippen molar-refractivity contribution in [2.24, 2.45) is 17.8 Å². The molecule has 1 fully saturated rings. The smallest absolute Gasteiger partial charge is 0.270 e.